The Morgan fingerprint density at radius 3 is 2.45 bits per heavy atom. The lowest BCUT2D eigenvalue weighted by Crippen LogP contribution is -2.29. The first-order valence-corrected chi connectivity index (χ1v) is 13.5. The van der Waals surface area contributed by atoms with E-state index in [2.05, 4.69) is 27.1 Å². The molecule has 2 amide bonds. The summed E-state index contributed by atoms with van der Waals surface area (Å²) in [6.07, 6.45) is 2.87. The standard InChI is InChI=1S/C31H38N8O3/c1-9-27(40)33-22-18-23(26(42-8)19-25(22)38(6)17-16-36(2)3)35-31-32-15-14-21(34-31)28-20-12-10-11-13-24(20)39(7)29(28)30(41)37(4)5/h9-15,18-19H,1,16-17H2,2-8H3,(H,33,40)(H,32,34,35). The Kier molecular flexibility index (Phi) is 9.12. The number of nitrogens with one attached hydrogen (secondary N) is 2. The second-order valence-corrected chi connectivity index (χ2v) is 10.4. The van der Waals surface area contributed by atoms with Crippen molar-refractivity contribution in [3.8, 4) is 17.0 Å². The van der Waals surface area contributed by atoms with Crippen LogP contribution in [0.2, 0.25) is 0 Å². The van der Waals surface area contributed by atoms with E-state index in [-0.39, 0.29) is 11.8 Å². The number of anilines is 4. The van der Waals surface area contributed by atoms with Gasteiger partial charge >= 0.3 is 0 Å². The van der Waals surface area contributed by atoms with Crippen molar-refractivity contribution in [1.82, 2.24) is 24.3 Å². The van der Waals surface area contributed by atoms with Gasteiger partial charge in [0.15, 0.2) is 0 Å². The molecule has 0 bridgehead atoms. The first-order valence-electron chi connectivity index (χ1n) is 13.5. The van der Waals surface area contributed by atoms with Crippen LogP contribution in [0.1, 0.15) is 10.5 Å². The van der Waals surface area contributed by atoms with E-state index < -0.39 is 0 Å². The number of hydrogen-bond acceptors (Lipinski definition) is 8. The Morgan fingerprint density at radius 1 is 1.05 bits per heavy atom. The monoisotopic (exact) mass is 570 g/mol. The number of hydrogen-bond donors (Lipinski definition) is 2. The van der Waals surface area contributed by atoms with Crippen LogP contribution in [0.3, 0.4) is 0 Å². The van der Waals surface area contributed by atoms with Crippen molar-refractivity contribution < 1.29 is 14.3 Å². The van der Waals surface area contributed by atoms with Crippen molar-refractivity contribution in [3.05, 3.63) is 67.0 Å². The molecule has 4 rings (SSSR count). The summed E-state index contributed by atoms with van der Waals surface area (Å²) in [6.45, 7) is 5.13. The maximum Gasteiger partial charge on any atom is 0.270 e. The number of carbonyl (C=O) groups is 2. The number of aromatic nitrogens is 3. The molecule has 0 atom stereocenters. The predicted molar refractivity (Wildman–Crippen MR) is 169 cm³/mol. The lowest BCUT2D eigenvalue weighted by atomic mass is 10.1. The fourth-order valence-electron chi connectivity index (χ4n) is 4.70. The van der Waals surface area contributed by atoms with E-state index >= 15 is 0 Å². The van der Waals surface area contributed by atoms with Crippen LogP contribution < -0.4 is 20.3 Å². The number of para-hydroxylation sites is 1. The maximum absolute atomic E-state index is 13.3. The summed E-state index contributed by atoms with van der Waals surface area (Å²) in [5, 5.41) is 7.07. The average Bonchev–Trinajstić information content (AvgIpc) is 3.27. The molecular weight excluding hydrogens is 532 g/mol. The van der Waals surface area contributed by atoms with Gasteiger partial charge in [-0.3, -0.25) is 9.59 Å². The quantitative estimate of drug-likeness (QED) is 0.258. The smallest absolute Gasteiger partial charge is 0.270 e. The van der Waals surface area contributed by atoms with Gasteiger partial charge in [0.05, 0.1) is 29.9 Å². The van der Waals surface area contributed by atoms with Gasteiger partial charge in [-0.2, -0.15) is 0 Å². The average molecular weight is 571 g/mol. The van der Waals surface area contributed by atoms with Crippen LogP contribution in [-0.2, 0) is 11.8 Å². The summed E-state index contributed by atoms with van der Waals surface area (Å²) in [5.41, 5.74) is 4.68. The molecule has 2 aromatic heterocycles. The number of rotatable bonds is 11. The largest absolute Gasteiger partial charge is 0.494 e. The minimum atomic E-state index is -0.333. The number of methoxy groups -OCH3 is 1. The van der Waals surface area contributed by atoms with Gasteiger partial charge in [0.2, 0.25) is 11.9 Å². The van der Waals surface area contributed by atoms with Crippen LogP contribution in [0.4, 0.5) is 23.0 Å². The van der Waals surface area contributed by atoms with Gasteiger partial charge in [0.1, 0.15) is 11.4 Å². The molecule has 0 fully saturated rings. The second kappa shape index (κ2) is 12.7. The van der Waals surface area contributed by atoms with E-state index in [9.17, 15) is 9.59 Å². The highest BCUT2D eigenvalue weighted by molar-refractivity contribution is 6.09. The zero-order chi connectivity index (χ0) is 30.6. The number of ether oxygens (including phenoxy) is 1. The summed E-state index contributed by atoms with van der Waals surface area (Å²) >= 11 is 0. The highest BCUT2D eigenvalue weighted by Crippen LogP contribution is 2.39. The number of benzene rings is 2. The zero-order valence-electron chi connectivity index (χ0n) is 25.2. The molecule has 0 aliphatic heterocycles. The summed E-state index contributed by atoms with van der Waals surface area (Å²) in [5.74, 6) is 0.383. The molecular formula is C31H38N8O3. The number of amides is 2. The lowest BCUT2D eigenvalue weighted by Gasteiger charge is -2.26. The molecule has 0 aliphatic rings. The van der Waals surface area contributed by atoms with E-state index in [4.69, 9.17) is 9.72 Å². The SMILES string of the molecule is C=CC(=O)Nc1cc(Nc2nccc(-c3c(C(=O)N(C)C)n(C)c4ccccc34)n2)c(OC)cc1N(C)CCN(C)C. The van der Waals surface area contributed by atoms with E-state index in [1.807, 2.05) is 68.0 Å². The molecule has 2 aromatic carbocycles. The first-order chi connectivity index (χ1) is 20.0. The third kappa shape index (κ3) is 6.21. The Balaban J connectivity index is 1.79. The molecule has 0 aliphatic carbocycles. The summed E-state index contributed by atoms with van der Waals surface area (Å²) < 4.78 is 7.63. The van der Waals surface area contributed by atoms with Crippen molar-refractivity contribution in [2.24, 2.45) is 7.05 Å². The predicted octanol–water partition coefficient (Wildman–Crippen LogP) is 4.21. The van der Waals surface area contributed by atoms with Crippen molar-refractivity contribution in [1.29, 1.82) is 0 Å². The molecule has 0 saturated carbocycles. The second-order valence-electron chi connectivity index (χ2n) is 10.4. The summed E-state index contributed by atoms with van der Waals surface area (Å²) in [4.78, 5) is 40.6. The van der Waals surface area contributed by atoms with E-state index in [0.717, 1.165) is 35.2 Å². The molecule has 4 aromatic rings. The fourth-order valence-corrected chi connectivity index (χ4v) is 4.70. The summed E-state index contributed by atoms with van der Waals surface area (Å²) in [6, 6.07) is 13.3. The third-order valence-corrected chi connectivity index (χ3v) is 6.93. The number of likely N-dealkylation sites (N-methyl/N-ethyl adjacent to an activating group) is 2. The van der Waals surface area contributed by atoms with Gasteiger partial charge in [-0.25, -0.2) is 9.97 Å². The van der Waals surface area contributed by atoms with Crippen LogP contribution >= 0.6 is 0 Å². The molecule has 11 heteroatoms. The lowest BCUT2D eigenvalue weighted by molar-refractivity contribution is -0.111. The van der Waals surface area contributed by atoms with Crippen LogP contribution in [0, 0.1) is 0 Å². The minimum Gasteiger partial charge on any atom is -0.494 e. The van der Waals surface area contributed by atoms with Gasteiger partial charge in [-0.05, 0) is 38.4 Å². The van der Waals surface area contributed by atoms with Crippen LogP contribution in [0.15, 0.2) is 61.3 Å². The molecule has 0 radical (unpaired) electrons. The van der Waals surface area contributed by atoms with Crippen LogP contribution in [-0.4, -0.2) is 91.6 Å². The van der Waals surface area contributed by atoms with Crippen molar-refractivity contribution >= 4 is 45.7 Å². The van der Waals surface area contributed by atoms with E-state index in [0.29, 0.717) is 34.5 Å². The molecule has 2 N–H and O–H groups in total. The van der Waals surface area contributed by atoms with Crippen LogP contribution in [0.25, 0.3) is 22.2 Å². The number of fused-ring (bicyclic) bond motifs is 1. The van der Waals surface area contributed by atoms with Gasteiger partial charge in [0.25, 0.3) is 5.91 Å². The Bertz CT molecular complexity index is 1630. The highest BCUT2D eigenvalue weighted by Gasteiger charge is 2.25. The molecule has 220 valence electrons. The Labute approximate surface area is 246 Å². The van der Waals surface area contributed by atoms with Crippen molar-refractivity contribution in [2.45, 2.75) is 0 Å². The van der Waals surface area contributed by atoms with Gasteiger partial charge in [0, 0.05) is 70.0 Å². The fraction of sp³-hybridized carbons (Fsp3) is 0.290. The number of carbonyl (C=O) groups excluding carboxylic acids is 2. The molecule has 0 spiro atoms. The molecule has 11 nitrogen and oxygen atoms in total. The van der Waals surface area contributed by atoms with Gasteiger partial charge < -0.3 is 34.6 Å². The molecule has 2 heterocycles. The number of aryl methyl sites for hydroxylation is 1. The minimum absolute atomic E-state index is 0.130. The topological polar surface area (TPSA) is 108 Å². The number of nitrogens with zero attached hydrogens (tertiary/aromatic N) is 6. The van der Waals surface area contributed by atoms with Crippen molar-refractivity contribution in [3.63, 3.8) is 0 Å². The Hall–Kier alpha value is -4.90. The van der Waals surface area contributed by atoms with E-state index in [1.165, 1.54) is 6.08 Å². The highest BCUT2D eigenvalue weighted by atomic mass is 16.5. The molecule has 0 unspecified atom stereocenters. The van der Waals surface area contributed by atoms with Gasteiger partial charge in [-0.15, -0.1) is 0 Å². The summed E-state index contributed by atoms with van der Waals surface area (Å²) in [7, 11) is 12.9. The van der Waals surface area contributed by atoms with Crippen molar-refractivity contribution in [2.75, 3.05) is 71.0 Å². The third-order valence-electron chi connectivity index (χ3n) is 6.93. The molecule has 0 saturated heterocycles. The molecule has 42 heavy (non-hydrogen) atoms. The van der Waals surface area contributed by atoms with Crippen LogP contribution in [0.5, 0.6) is 5.75 Å². The first kappa shape index (κ1) is 30.1. The van der Waals surface area contributed by atoms with Gasteiger partial charge in [-0.1, -0.05) is 24.8 Å². The maximum atomic E-state index is 13.3. The van der Waals surface area contributed by atoms with E-state index in [1.54, 1.807) is 44.4 Å². The zero-order valence-corrected chi connectivity index (χ0v) is 25.2. The Morgan fingerprint density at radius 2 is 1.79 bits per heavy atom. The normalized spacial score (nSPS) is 11.0.